The van der Waals surface area contributed by atoms with Gasteiger partial charge in [0.05, 0.1) is 28.1 Å². The van der Waals surface area contributed by atoms with E-state index in [4.69, 9.17) is 4.74 Å². The summed E-state index contributed by atoms with van der Waals surface area (Å²) in [6, 6.07) is 3.97. The molecule has 1 aliphatic heterocycles. The number of rotatable bonds is 4. The molecule has 1 aromatic carbocycles. The van der Waals surface area contributed by atoms with Gasteiger partial charge in [0, 0.05) is 29.9 Å². The summed E-state index contributed by atoms with van der Waals surface area (Å²) in [6.45, 7) is 6.78. The molecule has 4 rings (SSSR count). The highest BCUT2D eigenvalue weighted by molar-refractivity contribution is 9.10. The van der Waals surface area contributed by atoms with E-state index in [2.05, 4.69) is 26.2 Å². The average Bonchev–Trinajstić information content (AvgIpc) is 3.00. The Morgan fingerprint density at radius 3 is 2.69 bits per heavy atom. The molecule has 0 unspecified atom stereocenters. The van der Waals surface area contributed by atoms with E-state index in [0.29, 0.717) is 17.0 Å². The Bertz CT molecular complexity index is 1260. The van der Waals surface area contributed by atoms with Crippen molar-refractivity contribution in [1.82, 2.24) is 9.38 Å². The summed E-state index contributed by atoms with van der Waals surface area (Å²) in [6.07, 6.45) is 0.631. The second kappa shape index (κ2) is 8.16. The Morgan fingerprint density at radius 1 is 1.28 bits per heavy atom. The van der Waals surface area contributed by atoms with E-state index in [0.717, 1.165) is 0 Å². The first-order valence-corrected chi connectivity index (χ1v) is 10.8. The number of amides is 2. The Balaban J connectivity index is 1.80. The molecule has 2 aromatic heterocycles. The normalized spacial score (nSPS) is 15.8. The van der Waals surface area contributed by atoms with Gasteiger partial charge in [-0.2, -0.15) is 0 Å². The van der Waals surface area contributed by atoms with Crippen molar-refractivity contribution < 1.29 is 23.1 Å². The molecule has 7 nitrogen and oxygen atoms in total. The van der Waals surface area contributed by atoms with E-state index in [9.17, 15) is 18.4 Å². The van der Waals surface area contributed by atoms with Crippen molar-refractivity contribution in [3.8, 4) is 5.75 Å². The molecule has 168 valence electrons. The summed E-state index contributed by atoms with van der Waals surface area (Å²) in [7, 11) is 0. The van der Waals surface area contributed by atoms with Crippen molar-refractivity contribution in [2.24, 2.45) is 5.92 Å². The highest BCUT2D eigenvalue weighted by atomic mass is 79.9. The lowest BCUT2D eigenvalue weighted by Gasteiger charge is -2.33. The van der Waals surface area contributed by atoms with Gasteiger partial charge in [0.1, 0.15) is 11.5 Å². The van der Waals surface area contributed by atoms with Crippen LogP contribution in [0, 0.1) is 24.5 Å². The lowest BCUT2D eigenvalue weighted by atomic mass is 10.1. The summed E-state index contributed by atoms with van der Waals surface area (Å²) < 4.78 is 36.3. The number of nitrogens with zero attached hydrogens (tertiary/aromatic N) is 3. The minimum Gasteiger partial charge on any atom is -0.476 e. The predicted octanol–water partition coefficient (Wildman–Crippen LogP) is 4.59. The molecule has 1 N–H and O–H groups in total. The number of carbonyl (C=O) groups excluding carboxylic acids is 2. The number of hydrogen-bond acceptors (Lipinski definition) is 4. The third kappa shape index (κ3) is 3.83. The van der Waals surface area contributed by atoms with Gasteiger partial charge in [0.2, 0.25) is 5.91 Å². The summed E-state index contributed by atoms with van der Waals surface area (Å²) in [5, 5.41) is 2.65. The summed E-state index contributed by atoms with van der Waals surface area (Å²) >= 11 is 3.17. The fourth-order valence-corrected chi connectivity index (χ4v) is 3.85. The number of nitrogens with one attached hydrogen (secondary N) is 1. The van der Waals surface area contributed by atoms with Gasteiger partial charge in [0.15, 0.2) is 17.7 Å². The fourth-order valence-electron chi connectivity index (χ4n) is 3.53. The molecule has 0 aliphatic carbocycles. The number of fused-ring (bicyclic) bond motifs is 2. The molecule has 0 saturated carbocycles. The molecule has 10 heteroatoms. The second-order valence-electron chi connectivity index (χ2n) is 7.98. The molecule has 32 heavy (non-hydrogen) atoms. The molecule has 3 aromatic rings. The van der Waals surface area contributed by atoms with Crippen molar-refractivity contribution in [1.29, 1.82) is 0 Å². The number of anilines is 2. The molecular weight excluding hydrogens is 486 g/mol. The maximum Gasteiger partial charge on any atom is 0.268 e. The van der Waals surface area contributed by atoms with Gasteiger partial charge in [0.25, 0.3) is 5.91 Å². The van der Waals surface area contributed by atoms with Crippen LogP contribution in [0.4, 0.5) is 20.2 Å². The van der Waals surface area contributed by atoms with Crippen LogP contribution >= 0.6 is 15.9 Å². The molecule has 0 bridgehead atoms. The van der Waals surface area contributed by atoms with Gasteiger partial charge >= 0.3 is 0 Å². The first kappa shape index (κ1) is 22.2. The minimum atomic E-state index is -0.906. The maximum absolute atomic E-state index is 14.9. The molecule has 0 saturated heterocycles. The SMILES string of the molecule is Cc1nc2cc(F)c(Br)cn2c1CN1C(=O)[C@@H](C)Oc2c(F)cc(NC(=O)C(C)C)cc21. The predicted molar refractivity (Wildman–Crippen MR) is 119 cm³/mol. The van der Waals surface area contributed by atoms with Gasteiger partial charge in [-0.3, -0.25) is 14.5 Å². The average molecular weight is 507 g/mol. The molecule has 0 spiro atoms. The zero-order valence-corrected chi connectivity index (χ0v) is 19.5. The second-order valence-corrected chi connectivity index (χ2v) is 8.83. The summed E-state index contributed by atoms with van der Waals surface area (Å²) in [4.78, 5) is 30.9. The number of halogens is 3. The van der Waals surface area contributed by atoms with Crippen LogP contribution in [0.2, 0.25) is 0 Å². The van der Waals surface area contributed by atoms with Gasteiger partial charge in [-0.15, -0.1) is 0 Å². The molecule has 2 amide bonds. The summed E-state index contributed by atoms with van der Waals surface area (Å²) in [5.41, 5.74) is 2.03. The zero-order valence-electron chi connectivity index (χ0n) is 17.9. The van der Waals surface area contributed by atoms with E-state index in [-0.39, 0.29) is 45.9 Å². The number of aromatic nitrogens is 2. The topological polar surface area (TPSA) is 75.9 Å². The number of imidazole rings is 1. The first-order valence-electron chi connectivity index (χ1n) is 10.0. The van der Waals surface area contributed by atoms with Crippen LogP contribution in [-0.2, 0) is 16.1 Å². The standard InChI is InChI=1S/C22H21BrF2N4O3/c1-10(2)21(30)27-13-5-16(25)20-17(6-13)29(22(31)12(4)32-20)9-18-11(3)26-19-7-15(24)14(23)8-28(18)19/h5-8,10,12H,9H2,1-4H3,(H,27,30)/t12-/m1/s1. The van der Waals surface area contributed by atoms with Crippen molar-refractivity contribution in [3.05, 3.63) is 51.9 Å². The highest BCUT2D eigenvalue weighted by Crippen LogP contribution is 2.40. The van der Waals surface area contributed by atoms with Gasteiger partial charge < -0.3 is 14.5 Å². The van der Waals surface area contributed by atoms with Crippen LogP contribution in [0.15, 0.2) is 28.9 Å². The molecule has 0 radical (unpaired) electrons. The largest absolute Gasteiger partial charge is 0.476 e. The third-order valence-corrected chi connectivity index (χ3v) is 5.87. The quantitative estimate of drug-likeness (QED) is 0.561. The van der Waals surface area contributed by atoms with Crippen LogP contribution in [0.25, 0.3) is 5.65 Å². The third-order valence-electron chi connectivity index (χ3n) is 5.29. The lowest BCUT2D eigenvalue weighted by Crippen LogP contribution is -2.44. The Morgan fingerprint density at radius 2 is 2.00 bits per heavy atom. The molecule has 1 aliphatic rings. The van der Waals surface area contributed by atoms with Gasteiger partial charge in [-0.25, -0.2) is 13.8 Å². The van der Waals surface area contributed by atoms with Crippen molar-refractivity contribution in [2.75, 3.05) is 10.2 Å². The summed E-state index contributed by atoms with van der Waals surface area (Å²) in [5.74, 6) is -2.17. The van der Waals surface area contributed by atoms with E-state index < -0.39 is 17.7 Å². The minimum absolute atomic E-state index is 0.0472. The van der Waals surface area contributed by atoms with Crippen molar-refractivity contribution in [3.63, 3.8) is 0 Å². The van der Waals surface area contributed by atoms with E-state index in [1.165, 1.54) is 29.3 Å². The molecule has 1 atom stereocenters. The molecule has 0 fully saturated rings. The number of carbonyl (C=O) groups is 2. The zero-order chi connectivity index (χ0) is 23.3. The number of hydrogen-bond donors (Lipinski definition) is 1. The Labute approximate surface area is 191 Å². The van der Waals surface area contributed by atoms with Crippen LogP contribution in [0.5, 0.6) is 5.75 Å². The lowest BCUT2D eigenvalue weighted by molar-refractivity contribution is -0.125. The highest BCUT2D eigenvalue weighted by Gasteiger charge is 2.35. The number of pyridine rings is 1. The van der Waals surface area contributed by atoms with E-state index in [1.54, 1.807) is 32.1 Å². The smallest absolute Gasteiger partial charge is 0.268 e. The first-order chi connectivity index (χ1) is 15.1. The van der Waals surface area contributed by atoms with Gasteiger partial charge in [-0.05, 0) is 35.8 Å². The maximum atomic E-state index is 14.9. The number of ether oxygens (including phenoxy) is 1. The van der Waals surface area contributed by atoms with Crippen LogP contribution in [0.3, 0.4) is 0 Å². The van der Waals surface area contributed by atoms with Crippen molar-refractivity contribution >= 4 is 44.8 Å². The number of aryl methyl sites for hydroxylation is 1. The monoisotopic (exact) mass is 506 g/mol. The Hall–Kier alpha value is -3.01. The fraction of sp³-hybridized carbons (Fsp3) is 0.318. The number of benzene rings is 1. The van der Waals surface area contributed by atoms with Crippen molar-refractivity contribution in [2.45, 2.75) is 40.3 Å². The van der Waals surface area contributed by atoms with E-state index in [1.807, 2.05) is 0 Å². The molecule has 3 heterocycles. The Kier molecular flexibility index (Phi) is 5.66. The van der Waals surface area contributed by atoms with E-state index >= 15 is 0 Å². The molecular formula is C22H21BrF2N4O3. The van der Waals surface area contributed by atoms with Crippen LogP contribution in [0.1, 0.15) is 32.2 Å². The van der Waals surface area contributed by atoms with Crippen LogP contribution < -0.4 is 15.0 Å². The van der Waals surface area contributed by atoms with Gasteiger partial charge in [-0.1, -0.05) is 13.8 Å². The van der Waals surface area contributed by atoms with Crippen LogP contribution in [-0.4, -0.2) is 27.3 Å².